The van der Waals surface area contributed by atoms with Crippen molar-refractivity contribution in [3.05, 3.63) is 89.0 Å². The van der Waals surface area contributed by atoms with Crippen molar-refractivity contribution in [2.75, 3.05) is 17.1 Å². The molecular formula is C23H22N2O5S. The number of carbonyl (C=O) groups excluding carboxylic acids is 2. The van der Waals surface area contributed by atoms with Crippen molar-refractivity contribution in [2.45, 2.75) is 18.7 Å². The van der Waals surface area contributed by atoms with Crippen LogP contribution in [0.5, 0.6) is 0 Å². The Morgan fingerprint density at radius 1 is 0.839 bits per heavy atom. The molecule has 3 aromatic rings. The molecular weight excluding hydrogens is 416 g/mol. The SMILES string of the molecule is COC(=O)c1ccc(NC(=O)c2ccc(C)c(S(=O)(=O)Nc3ccccc3C)c2)cc1. The van der Waals surface area contributed by atoms with Crippen LogP contribution in [0.4, 0.5) is 11.4 Å². The van der Waals surface area contributed by atoms with Crippen LogP contribution in [0.2, 0.25) is 0 Å². The lowest BCUT2D eigenvalue weighted by Crippen LogP contribution is -2.17. The molecule has 2 N–H and O–H groups in total. The quantitative estimate of drug-likeness (QED) is 0.563. The van der Waals surface area contributed by atoms with Gasteiger partial charge in [0.1, 0.15) is 0 Å². The van der Waals surface area contributed by atoms with Gasteiger partial charge in [-0.2, -0.15) is 0 Å². The number of nitrogens with one attached hydrogen (secondary N) is 2. The second-order valence-electron chi connectivity index (χ2n) is 6.92. The van der Waals surface area contributed by atoms with E-state index in [0.717, 1.165) is 5.56 Å². The van der Waals surface area contributed by atoms with Gasteiger partial charge < -0.3 is 10.1 Å². The smallest absolute Gasteiger partial charge is 0.337 e. The molecule has 0 saturated carbocycles. The molecule has 3 rings (SSSR count). The van der Waals surface area contributed by atoms with E-state index in [1.54, 1.807) is 56.3 Å². The monoisotopic (exact) mass is 438 g/mol. The number of amides is 1. The van der Waals surface area contributed by atoms with Crippen LogP contribution < -0.4 is 10.0 Å². The van der Waals surface area contributed by atoms with Gasteiger partial charge in [0.05, 0.1) is 23.3 Å². The Labute approximate surface area is 181 Å². The van der Waals surface area contributed by atoms with Crippen molar-refractivity contribution in [1.82, 2.24) is 0 Å². The van der Waals surface area contributed by atoms with E-state index in [1.165, 1.54) is 25.3 Å². The number of sulfonamides is 1. The summed E-state index contributed by atoms with van der Waals surface area (Å²) in [5, 5.41) is 2.69. The zero-order valence-electron chi connectivity index (χ0n) is 17.3. The van der Waals surface area contributed by atoms with Crippen molar-refractivity contribution in [2.24, 2.45) is 0 Å². The number of hydrogen-bond donors (Lipinski definition) is 2. The molecule has 31 heavy (non-hydrogen) atoms. The highest BCUT2D eigenvalue weighted by Crippen LogP contribution is 2.23. The summed E-state index contributed by atoms with van der Waals surface area (Å²) in [7, 11) is -2.61. The van der Waals surface area contributed by atoms with Gasteiger partial charge in [0, 0.05) is 11.3 Å². The van der Waals surface area contributed by atoms with Gasteiger partial charge in [0.2, 0.25) is 0 Å². The van der Waals surface area contributed by atoms with Crippen LogP contribution in [0.25, 0.3) is 0 Å². The fraction of sp³-hybridized carbons (Fsp3) is 0.130. The molecule has 0 aliphatic rings. The number of benzene rings is 3. The van der Waals surface area contributed by atoms with Crippen molar-refractivity contribution in [1.29, 1.82) is 0 Å². The van der Waals surface area contributed by atoms with Gasteiger partial charge in [0.15, 0.2) is 0 Å². The molecule has 1 amide bonds. The Kier molecular flexibility index (Phi) is 6.41. The number of methoxy groups -OCH3 is 1. The van der Waals surface area contributed by atoms with E-state index in [1.807, 2.05) is 6.07 Å². The minimum atomic E-state index is -3.89. The first-order valence-corrected chi connectivity index (χ1v) is 10.9. The Hall–Kier alpha value is -3.65. The van der Waals surface area contributed by atoms with E-state index >= 15 is 0 Å². The second kappa shape index (κ2) is 9.01. The maximum absolute atomic E-state index is 13.0. The standard InChI is InChI=1S/C23H22N2O5S/c1-15-6-4-5-7-20(15)25-31(28,29)21-14-18(9-8-16(21)2)22(26)24-19-12-10-17(11-13-19)23(27)30-3/h4-14,25H,1-3H3,(H,24,26). The third-order valence-corrected chi connectivity index (χ3v) is 6.20. The normalized spacial score (nSPS) is 10.9. The Bertz CT molecular complexity index is 1240. The van der Waals surface area contributed by atoms with Gasteiger partial charge >= 0.3 is 5.97 Å². The zero-order valence-corrected chi connectivity index (χ0v) is 18.1. The molecule has 0 aliphatic carbocycles. The average molecular weight is 439 g/mol. The Morgan fingerprint density at radius 2 is 1.48 bits per heavy atom. The number of para-hydroxylation sites is 1. The molecule has 0 unspecified atom stereocenters. The number of hydrogen-bond acceptors (Lipinski definition) is 5. The average Bonchev–Trinajstić information content (AvgIpc) is 2.75. The summed E-state index contributed by atoms with van der Waals surface area (Å²) in [5.41, 5.74) is 2.77. The lowest BCUT2D eigenvalue weighted by Gasteiger charge is -2.13. The summed E-state index contributed by atoms with van der Waals surface area (Å²) in [6.45, 7) is 3.47. The predicted molar refractivity (Wildman–Crippen MR) is 119 cm³/mol. The Morgan fingerprint density at radius 3 is 2.13 bits per heavy atom. The van der Waals surface area contributed by atoms with Crippen molar-refractivity contribution < 1.29 is 22.7 Å². The van der Waals surface area contributed by atoms with Gasteiger partial charge in [-0.25, -0.2) is 13.2 Å². The second-order valence-corrected chi connectivity index (χ2v) is 8.57. The molecule has 0 heterocycles. The molecule has 0 fully saturated rings. The molecule has 0 aliphatic heterocycles. The van der Waals surface area contributed by atoms with E-state index in [2.05, 4.69) is 14.8 Å². The maximum atomic E-state index is 13.0. The molecule has 0 aromatic heterocycles. The fourth-order valence-electron chi connectivity index (χ4n) is 2.93. The van der Waals surface area contributed by atoms with Crippen molar-refractivity contribution in [3.63, 3.8) is 0 Å². The van der Waals surface area contributed by atoms with Crippen LogP contribution in [0, 0.1) is 13.8 Å². The van der Waals surface area contributed by atoms with E-state index in [-0.39, 0.29) is 10.5 Å². The summed E-state index contributed by atoms with van der Waals surface area (Å²) in [6, 6.07) is 17.7. The highest BCUT2D eigenvalue weighted by Gasteiger charge is 2.20. The number of aryl methyl sites for hydroxylation is 2. The van der Waals surface area contributed by atoms with Crippen LogP contribution in [0.3, 0.4) is 0 Å². The first kappa shape index (κ1) is 22.0. The molecule has 7 nitrogen and oxygen atoms in total. The molecule has 0 atom stereocenters. The summed E-state index contributed by atoms with van der Waals surface area (Å²) < 4.78 is 33.1. The molecule has 3 aromatic carbocycles. The van der Waals surface area contributed by atoms with E-state index in [4.69, 9.17) is 0 Å². The molecule has 0 saturated heterocycles. The molecule has 0 bridgehead atoms. The number of rotatable bonds is 6. The van der Waals surface area contributed by atoms with Crippen LogP contribution in [-0.2, 0) is 14.8 Å². The van der Waals surface area contributed by atoms with E-state index in [0.29, 0.717) is 22.5 Å². The summed E-state index contributed by atoms with van der Waals surface area (Å²) >= 11 is 0. The first-order chi connectivity index (χ1) is 14.7. The number of esters is 1. The first-order valence-electron chi connectivity index (χ1n) is 9.40. The highest BCUT2D eigenvalue weighted by molar-refractivity contribution is 7.92. The van der Waals surface area contributed by atoms with Crippen LogP contribution in [0.15, 0.2) is 71.6 Å². The van der Waals surface area contributed by atoms with Crippen molar-refractivity contribution >= 4 is 33.3 Å². The lowest BCUT2D eigenvalue weighted by molar-refractivity contribution is 0.0600. The van der Waals surface area contributed by atoms with E-state index < -0.39 is 21.9 Å². The van der Waals surface area contributed by atoms with E-state index in [9.17, 15) is 18.0 Å². The Balaban J connectivity index is 1.84. The molecule has 0 spiro atoms. The minimum absolute atomic E-state index is 0.0180. The molecule has 0 radical (unpaired) electrons. The minimum Gasteiger partial charge on any atom is -0.465 e. The summed E-state index contributed by atoms with van der Waals surface area (Å²) in [4.78, 5) is 24.2. The third kappa shape index (κ3) is 5.10. The van der Waals surface area contributed by atoms with Crippen LogP contribution in [0.1, 0.15) is 31.8 Å². The lowest BCUT2D eigenvalue weighted by atomic mass is 10.1. The van der Waals surface area contributed by atoms with Crippen LogP contribution in [-0.4, -0.2) is 27.4 Å². The number of anilines is 2. The molecule has 160 valence electrons. The van der Waals surface area contributed by atoms with Crippen molar-refractivity contribution in [3.8, 4) is 0 Å². The van der Waals surface area contributed by atoms with Gasteiger partial charge in [-0.3, -0.25) is 9.52 Å². The third-order valence-electron chi connectivity index (χ3n) is 4.69. The maximum Gasteiger partial charge on any atom is 0.337 e. The zero-order chi connectivity index (χ0) is 22.6. The number of carbonyl (C=O) groups is 2. The van der Waals surface area contributed by atoms with Gasteiger partial charge in [-0.1, -0.05) is 24.3 Å². The largest absolute Gasteiger partial charge is 0.465 e. The number of ether oxygens (including phenoxy) is 1. The summed E-state index contributed by atoms with van der Waals surface area (Å²) in [6.07, 6.45) is 0. The van der Waals surface area contributed by atoms with Crippen LogP contribution >= 0.6 is 0 Å². The summed E-state index contributed by atoms with van der Waals surface area (Å²) in [5.74, 6) is -0.953. The van der Waals surface area contributed by atoms with Gasteiger partial charge in [-0.15, -0.1) is 0 Å². The fourth-order valence-corrected chi connectivity index (χ4v) is 4.33. The topological polar surface area (TPSA) is 102 Å². The van der Waals surface area contributed by atoms with Gasteiger partial charge in [-0.05, 0) is 67.4 Å². The predicted octanol–water partition coefficient (Wildman–Crippen LogP) is 4.14. The highest BCUT2D eigenvalue weighted by atomic mass is 32.2. The molecule has 8 heteroatoms. The van der Waals surface area contributed by atoms with Gasteiger partial charge in [0.25, 0.3) is 15.9 Å².